The van der Waals surface area contributed by atoms with E-state index in [-0.39, 0.29) is 11.8 Å². The minimum atomic E-state index is -0.675. The molecule has 2 fully saturated rings. The molecule has 2 atom stereocenters. The van der Waals surface area contributed by atoms with Crippen LogP contribution in [-0.2, 0) is 19.1 Å². The summed E-state index contributed by atoms with van der Waals surface area (Å²) in [5.41, 5.74) is 0. The summed E-state index contributed by atoms with van der Waals surface area (Å²) in [4.78, 5) is 39.1. The minimum absolute atomic E-state index is 0.0497. The largest absolute Gasteiger partial charge is 0.469 e. The van der Waals surface area contributed by atoms with Crippen LogP contribution < -0.4 is 0 Å². The first-order valence-electron chi connectivity index (χ1n) is 6.18. The highest BCUT2D eigenvalue weighted by Crippen LogP contribution is 2.28. The number of ether oxygens (including phenoxy) is 1. The number of likely N-dealkylation sites (N-methyl/N-ethyl adjacent to an activating group) is 1. The Morgan fingerprint density at radius 3 is 2.72 bits per heavy atom. The minimum Gasteiger partial charge on any atom is -0.469 e. The lowest BCUT2D eigenvalue weighted by Gasteiger charge is -2.38. The van der Waals surface area contributed by atoms with E-state index in [1.807, 2.05) is 0 Å². The van der Waals surface area contributed by atoms with Crippen molar-refractivity contribution in [2.45, 2.75) is 25.3 Å². The molecular weight excluding hydrogens is 236 g/mol. The Kier molecular flexibility index (Phi) is 3.54. The summed E-state index contributed by atoms with van der Waals surface area (Å²) in [5.74, 6) is -1.14. The van der Waals surface area contributed by atoms with Crippen molar-refractivity contribution in [1.29, 1.82) is 0 Å². The number of carbonyl (C=O) groups is 3. The van der Waals surface area contributed by atoms with E-state index in [9.17, 15) is 14.4 Å². The number of nitrogens with zero attached hydrogens (tertiary/aromatic N) is 2. The second-order valence-corrected chi connectivity index (χ2v) is 4.81. The molecule has 2 amide bonds. The summed E-state index contributed by atoms with van der Waals surface area (Å²) < 4.78 is 4.75. The normalized spacial score (nSPS) is 28.8. The number of rotatable bonds is 1. The van der Waals surface area contributed by atoms with Crippen LogP contribution in [-0.4, -0.2) is 60.9 Å². The molecule has 0 aromatic carbocycles. The predicted octanol–water partition coefficient (Wildman–Crippen LogP) is -0.371. The first kappa shape index (κ1) is 12.9. The van der Waals surface area contributed by atoms with Crippen molar-refractivity contribution in [2.24, 2.45) is 5.92 Å². The van der Waals surface area contributed by atoms with Gasteiger partial charge < -0.3 is 14.5 Å². The van der Waals surface area contributed by atoms with E-state index in [0.29, 0.717) is 25.9 Å². The molecule has 0 unspecified atom stereocenters. The van der Waals surface area contributed by atoms with E-state index in [2.05, 4.69) is 0 Å². The average molecular weight is 254 g/mol. The predicted molar refractivity (Wildman–Crippen MR) is 62.5 cm³/mol. The van der Waals surface area contributed by atoms with Crippen LogP contribution in [0.3, 0.4) is 0 Å². The molecule has 2 aliphatic heterocycles. The summed E-state index contributed by atoms with van der Waals surface area (Å²) in [6.07, 6.45) is 1.66. The Balaban J connectivity index is 2.32. The van der Waals surface area contributed by atoms with E-state index in [1.165, 1.54) is 12.0 Å². The van der Waals surface area contributed by atoms with Gasteiger partial charge in [0.05, 0.1) is 13.0 Å². The Labute approximate surface area is 106 Å². The van der Waals surface area contributed by atoms with Crippen LogP contribution in [0.25, 0.3) is 0 Å². The summed E-state index contributed by atoms with van der Waals surface area (Å²) in [6.45, 7) is 0.967. The third kappa shape index (κ3) is 2.07. The van der Waals surface area contributed by atoms with Gasteiger partial charge in [-0.25, -0.2) is 0 Å². The van der Waals surface area contributed by atoms with Gasteiger partial charge in [-0.3, -0.25) is 14.4 Å². The summed E-state index contributed by atoms with van der Waals surface area (Å²) in [7, 11) is 2.98. The van der Waals surface area contributed by atoms with Gasteiger partial charge in [-0.15, -0.1) is 0 Å². The fourth-order valence-corrected chi connectivity index (χ4v) is 2.72. The van der Waals surface area contributed by atoms with Crippen molar-refractivity contribution >= 4 is 17.8 Å². The monoisotopic (exact) mass is 254 g/mol. The van der Waals surface area contributed by atoms with E-state index in [0.717, 1.165) is 6.42 Å². The molecule has 2 heterocycles. The molecule has 18 heavy (non-hydrogen) atoms. The van der Waals surface area contributed by atoms with Crippen LogP contribution in [0.2, 0.25) is 0 Å². The van der Waals surface area contributed by atoms with Gasteiger partial charge in [0.2, 0.25) is 11.8 Å². The fourth-order valence-electron chi connectivity index (χ4n) is 2.72. The first-order chi connectivity index (χ1) is 8.56. The van der Waals surface area contributed by atoms with E-state index >= 15 is 0 Å². The highest BCUT2D eigenvalue weighted by atomic mass is 16.5. The van der Waals surface area contributed by atoms with Crippen molar-refractivity contribution in [3.05, 3.63) is 0 Å². The van der Waals surface area contributed by atoms with Crippen LogP contribution in [0.5, 0.6) is 0 Å². The topological polar surface area (TPSA) is 66.9 Å². The lowest BCUT2D eigenvalue weighted by atomic mass is 9.88. The summed E-state index contributed by atoms with van der Waals surface area (Å²) in [5, 5.41) is 0. The lowest BCUT2D eigenvalue weighted by molar-refractivity contribution is -0.158. The van der Waals surface area contributed by atoms with Gasteiger partial charge in [-0.05, 0) is 12.8 Å². The maximum Gasteiger partial charge on any atom is 0.311 e. The molecule has 0 aromatic rings. The number of fused-ring (bicyclic) bond motifs is 1. The van der Waals surface area contributed by atoms with Crippen LogP contribution in [0.4, 0.5) is 0 Å². The molecule has 2 rings (SSSR count). The zero-order valence-corrected chi connectivity index (χ0v) is 10.7. The molecule has 0 saturated carbocycles. The van der Waals surface area contributed by atoms with Gasteiger partial charge in [0.15, 0.2) is 0 Å². The second kappa shape index (κ2) is 4.96. The SMILES string of the molecule is COC(=O)[C@@H]1CCCN2C(=O)CCN(C)C(=O)[C@H]12. The molecule has 0 bridgehead atoms. The van der Waals surface area contributed by atoms with Gasteiger partial charge >= 0.3 is 5.97 Å². The molecule has 0 radical (unpaired) electrons. The van der Waals surface area contributed by atoms with Crippen LogP contribution in [0.1, 0.15) is 19.3 Å². The number of methoxy groups -OCH3 is 1. The van der Waals surface area contributed by atoms with Crippen LogP contribution in [0, 0.1) is 5.92 Å². The summed E-state index contributed by atoms with van der Waals surface area (Å²) >= 11 is 0. The molecule has 0 aromatic heterocycles. The zero-order chi connectivity index (χ0) is 13.3. The van der Waals surface area contributed by atoms with Crippen molar-refractivity contribution < 1.29 is 19.1 Å². The second-order valence-electron chi connectivity index (χ2n) is 4.81. The van der Waals surface area contributed by atoms with Crippen LogP contribution >= 0.6 is 0 Å². The molecule has 2 saturated heterocycles. The number of carbonyl (C=O) groups excluding carboxylic acids is 3. The fraction of sp³-hybridized carbons (Fsp3) is 0.750. The van der Waals surface area contributed by atoms with Gasteiger partial charge in [0.25, 0.3) is 0 Å². The van der Waals surface area contributed by atoms with Crippen LogP contribution in [0.15, 0.2) is 0 Å². The van der Waals surface area contributed by atoms with Crippen molar-refractivity contribution in [3.63, 3.8) is 0 Å². The smallest absolute Gasteiger partial charge is 0.311 e. The van der Waals surface area contributed by atoms with E-state index in [1.54, 1.807) is 11.9 Å². The molecule has 6 heteroatoms. The molecular formula is C12H18N2O4. The maximum absolute atomic E-state index is 12.3. The Bertz CT molecular complexity index is 382. The third-order valence-corrected chi connectivity index (χ3v) is 3.75. The summed E-state index contributed by atoms with van der Waals surface area (Å²) in [6, 6.07) is -0.675. The molecule has 0 N–H and O–H groups in total. The molecule has 0 spiro atoms. The molecule has 100 valence electrons. The van der Waals surface area contributed by atoms with Crippen molar-refractivity contribution in [2.75, 3.05) is 27.2 Å². The zero-order valence-electron chi connectivity index (χ0n) is 10.7. The number of amides is 2. The van der Waals surface area contributed by atoms with Gasteiger partial charge in [-0.1, -0.05) is 0 Å². The number of esters is 1. The highest BCUT2D eigenvalue weighted by Gasteiger charge is 2.45. The highest BCUT2D eigenvalue weighted by molar-refractivity contribution is 5.94. The quantitative estimate of drug-likeness (QED) is 0.599. The maximum atomic E-state index is 12.3. The van der Waals surface area contributed by atoms with Gasteiger partial charge in [-0.2, -0.15) is 0 Å². The van der Waals surface area contributed by atoms with E-state index < -0.39 is 17.9 Å². The lowest BCUT2D eigenvalue weighted by Crippen LogP contribution is -2.55. The Hall–Kier alpha value is -1.59. The third-order valence-electron chi connectivity index (χ3n) is 3.75. The van der Waals surface area contributed by atoms with E-state index in [4.69, 9.17) is 4.74 Å². The average Bonchev–Trinajstić information content (AvgIpc) is 2.50. The number of hydrogen-bond donors (Lipinski definition) is 0. The number of hydrogen-bond acceptors (Lipinski definition) is 4. The standard InChI is InChI=1S/C12H18N2O4/c1-13-7-5-9(15)14-6-3-4-8(12(17)18-2)10(14)11(13)16/h8,10H,3-7H2,1-2H3/t8-,10+/m1/s1. The Morgan fingerprint density at radius 2 is 2.06 bits per heavy atom. The molecule has 2 aliphatic rings. The molecule has 0 aliphatic carbocycles. The van der Waals surface area contributed by atoms with Gasteiger partial charge in [0, 0.05) is 26.6 Å². The first-order valence-corrected chi connectivity index (χ1v) is 6.18. The molecule has 6 nitrogen and oxygen atoms in total. The van der Waals surface area contributed by atoms with Gasteiger partial charge in [0.1, 0.15) is 6.04 Å². The number of piperidine rings is 1. The van der Waals surface area contributed by atoms with Crippen molar-refractivity contribution in [1.82, 2.24) is 9.80 Å². The Morgan fingerprint density at radius 1 is 1.33 bits per heavy atom. The van der Waals surface area contributed by atoms with Crippen molar-refractivity contribution in [3.8, 4) is 0 Å².